The Morgan fingerprint density at radius 3 is 1.86 bits per heavy atom. The maximum absolute atomic E-state index is 12.1. The molecule has 0 bridgehead atoms. The van der Waals surface area contributed by atoms with Crippen LogP contribution in [0.3, 0.4) is 0 Å². The molecule has 1 fully saturated rings. The highest BCUT2D eigenvalue weighted by molar-refractivity contribution is 5.43. The van der Waals surface area contributed by atoms with Gasteiger partial charge in [-0.25, -0.2) is 0 Å². The summed E-state index contributed by atoms with van der Waals surface area (Å²) in [6, 6.07) is 36.6. The number of rotatable bonds is 9. The van der Waals surface area contributed by atoms with E-state index in [4.69, 9.17) is 9.47 Å². The predicted octanol–water partition coefficient (Wildman–Crippen LogP) is 6.42. The lowest BCUT2D eigenvalue weighted by Crippen LogP contribution is -2.44. The number of ether oxygens (including phenoxy) is 2. The molecule has 1 N–H and O–H groups in total. The number of likely N-dealkylation sites (tertiary alicyclic amines) is 1. The maximum atomic E-state index is 12.1. The first-order valence-corrected chi connectivity index (χ1v) is 13.1. The van der Waals surface area contributed by atoms with Gasteiger partial charge in [0, 0.05) is 6.54 Å². The first kappa shape index (κ1) is 25.1. The largest absolute Gasteiger partial charge is 0.493 e. The summed E-state index contributed by atoms with van der Waals surface area (Å²) in [6.07, 6.45) is 1.85. The fourth-order valence-electron chi connectivity index (χ4n) is 5.45. The third-order valence-electron chi connectivity index (χ3n) is 7.48. The average Bonchev–Trinajstić information content (AvgIpc) is 2.98. The minimum absolute atomic E-state index is 0.150. The van der Waals surface area contributed by atoms with Crippen LogP contribution in [0.4, 0.5) is 0 Å². The van der Waals surface area contributed by atoms with Crippen LogP contribution in [0.2, 0.25) is 0 Å². The van der Waals surface area contributed by atoms with E-state index in [1.54, 1.807) is 7.11 Å². The van der Waals surface area contributed by atoms with Crippen molar-refractivity contribution >= 4 is 0 Å². The Morgan fingerprint density at radius 2 is 1.30 bits per heavy atom. The SMILES string of the molecule is COc1cc(CN2CCC(C(O)(c3ccccc3)c3ccccc3)CC2)ccc1OCc1ccccc1. The fourth-order valence-corrected chi connectivity index (χ4v) is 5.45. The van der Waals surface area contributed by atoms with Gasteiger partial charge in [-0.2, -0.15) is 0 Å². The summed E-state index contributed by atoms with van der Waals surface area (Å²) < 4.78 is 11.7. The molecule has 0 spiro atoms. The summed E-state index contributed by atoms with van der Waals surface area (Å²) in [5, 5.41) is 12.1. The Hall–Kier alpha value is -3.60. The third-order valence-corrected chi connectivity index (χ3v) is 7.48. The Kier molecular flexibility index (Phi) is 7.88. The van der Waals surface area contributed by atoms with Crippen LogP contribution in [0.25, 0.3) is 0 Å². The molecule has 1 aliphatic rings. The number of hydrogen-bond acceptors (Lipinski definition) is 4. The van der Waals surface area contributed by atoms with Crippen molar-refractivity contribution in [3.63, 3.8) is 0 Å². The molecule has 0 aliphatic carbocycles. The van der Waals surface area contributed by atoms with Crippen molar-refractivity contribution in [3.8, 4) is 11.5 Å². The zero-order chi connectivity index (χ0) is 25.5. The molecule has 4 aromatic rings. The summed E-state index contributed by atoms with van der Waals surface area (Å²) in [6.45, 7) is 3.22. The van der Waals surface area contributed by atoms with E-state index in [0.29, 0.717) is 6.61 Å². The minimum Gasteiger partial charge on any atom is -0.493 e. The normalized spacial score (nSPS) is 14.9. The second-order valence-corrected chi connectivity index (χ2v) is 9.81. The lowest BCUT2D eigenvalue weighted by atomic mass is 9.72. The lowest BCUT2D eigenvalue weighted by Gasteiger charge is -2.42. The van der Waals surface area contributed by atoms with Crippen LogP contribution in [0.5, 0.6) is 11.5 Å². The zero-order valence-electron chi connectivity index (χ0n) is 21.4. The highest BCUT2D eigenvalue weighted by Gasteiger charge is 2.41. The summed E-state index contributed by atoms with van der Waals surface area (Å²) in [5.41, 5.74) is 3.27. The quantitative estimate of drug-likeness (QED) is 0.292. The van der Waals surface area contributed by atoms with Gasteiger partial charge in [-0.1, -0.05) is 97.1 Å². The smallest absolute Gasteiger partial charge is 0.161 e. The van der Waals surface area contributed by atoms with E-state index in [0.717, 1.165) is 60.7 Å². The zero-order valence-corrected chi connectivity index (χ0v) is 21.4. The van der Waals surface area contributed by atoms with Crippen LogP contribution >= 0.6 is 0 Å². The van der Waals surface area contributed by atoms with Crippen molar-refractivity contribution in [3.05, 3.63) is 131 Å². The fraction of sp³-hybridized carbons (Fsp3) is 0.273. The molecule has 0 aromatic heterocycles. The number of benzene rings is 4. The predicted molar refractivity (Wildman–Crippen MR) is 148 cm³/mol. The standard InChI is InChI=1S/C33H35NO3/c1-36-32-23-27(17-18-31(32)37-25-26-11-5-2-6-12-26)24-34-21-19-30(20-22-34)33(35,28-13-7-3-8-14-28)29-15-9-4-10-16-29/h2-18,23,30,35H,19-22,24-25H2,1H3. The molecule has 0 unspecified atom stereocenters. The topological polar surface area (TPSA) is 41.9 Å². The van der Waals surface area contributed by atoms with Gasteiger partial charge in [-0.15, -0.1) is 0 Å². The van der Waals surface area contributed by atoms with Crippen LogP contribution < -0.4 is 9.47 Å². The van der Waals surface area contributed by atoms with Crippen LogP contribution in [0.15, 0.2) is 109 Å². The van der Waals surface area contributed by atoms with Crippen LogP contribution in [0, 0.1) is 5.92 Å². The molecule has 0 atom stereocenters. The molecule has 4 nitrogen and oxygen atoms in total. The van der Waals surface area contributed by atoms with Gasteiger partial charge in [-0.3, -0.25) is 4.90 Å². The van der Waals surface area contributed by atoms with Gasteiger partial charge in [0.1, 0.15) is 12.2 Å². The molecule has 0 saturated carbocycles. The minimum atomic E-state index is -0.991. The highest BCUT2D eigenvalue weighted by atomic mass is 16.5. The van der Waals surface area contributed by atoms with E-state index < -0.39 is 5.60 Å². The van der Waals surface area contributed by atoms with E-state index in [2.05, 4.69) is 29.2 Å². The Morgan fingerprint density at radius 1 is 0.730 bits per heavy atom. The first-order valence-electron chi connectivity index (χ1n) is 13.1. The number of piperidine rings is 1. The average molecular weight is 494 g/mol. The molecule has 37 heavy (non-hydrogen) atoms. The molecular formula is C33H35NO3. The summed E-state index contributed by atoms with van der Waals surface area (Å²) in [7, 11) is 1.69. The first-order chi connectivity index (χ1) is 18.2. The highest BCUT2D eigenvalue weighted by Crippen LogP contribution is 2.42. The Bertz CT molecular complexity index is 1210. The van der Waals surface area contributed by atoms with Crippen LogP contribution in [-0.2, 0) is 18.8 Å². The van der Waals surface area contributed by atoms with Gasteiger partial charge in [0.25, 0.3) is 0 Å². The molecule has 1 saturated heterocycles. The molecule has 0 amide bonds. The lowest BCUT2D eigenvalue weighted by molar-refractivity contribution is -0.0152. The van der Waals surface area contributed by atoms with Crippen molar-refractivity contribution in [1.82, 2.24) is 4.90 Å². The van der Waals surface area contributed by atoms with Crippen molar-refractivity contribution in [2.75, 3.05) is 20.2 Å². The molecular weight excluding hydrogens is 458 g/mol. The van der Waals surface area contributed by atoms with Gasteiger partial charge in [0.05, 0.1) is 7.11 Å². The van der Waals surface area contributed by atoms with Gasteiger partial charge in [0.15, 0.2) is 11.5 Å². The van der Waals surface area contributed by atoms with Crippen LogP contribution in [-0.4, -0.2) is 30.2 Å². The maximum Gasteiger partial charge on any atom is 0.161 e. The van der Waals surface area contributed by atoms with E-state index >= 15 is 0 Å². The third kappa shape index (κ3) is 5.71. The second kappa shape index (κ2) is 11.6. The number of hydrogen-bond donors (Lipinski definition) is 1. The van der Waals surface area contributed by atoms with Crippen LogP contribution in [0.1, 0.15) is 35.1 Å². The molecule has 1 heterocycles. The van der Waals surface area contributed by atoms with Crippen molar-refractivity contribution in [2.24, 2.45) is 5.92 Å². The van der Waals surface area contributed by atoms with E-state index in [1.165, 1.54) is 5.56 Å². The molecule has 190 valence electrons. The van der Waals surface area contributed by atoms with E-state index in [9.17, 15) is 5.11 Å². The Balaban J connectivity index is 1.25. The van der Waals surface area contributed by atoms with E-state index in [1.807, 2.05) is 84.9 Å². The van der Waals surface area contributed by atoms with Gasteiger partial charge < -0.3 is 14.6 Å². The molecule has 4 aromatic carbocycles. The van der Waals surface area contributed by atoms with E-state index in [-0.39, 0.29) is 5.92 Å². The number of nitrogens with zero attached hydrogens (tertiary/aromatic N) is 1. The molecule has 5 rings (SSSR count). The summed E-state index contributed by atoms with van der Waals surface area (Å²) in [4.78, 5) is 2.46. The van der Waals surface area contributed by atoms with Gasteiger partial charge >= 0.3 is 0 Å². The van der Waals surface area contributed by atoms with Gasteiger partial charge in [-0.05, 0) is 66.2 Å². The van der Waals surface area contributed by atoms with Crippen molar-refractivity contribution in [1.29, 1.82) is 0 Å². The summed E-state index contributed by atoms with van der Waals surface area (Å²) >= 11 is 0. The molecule has 0 radical (unpaired) electrons. The number of aliphatic hydroxyl groups is 1. The Labute approximate surface area is 220 Å². The van der Waals surface area contributed by atoms with Crippen molar-refractivity contribution < 1.29 is 14.6 Å². The van der Waals surface area contributed by atoms with Gasteiger partial charge in [0.2, 0.25) is 0 Å². The second-order valence-electron chi connectivity index (χ2n) is 9.81. The molecule has 4 heteroatoms. The van der Waals surface area contributed by atoms with Crippen molar-refractivity contribution in [2.45, 2.75) is 31.6 Å². The summed E-state index contributed by atoms with van der Waals surface area (Å²) in [5.74, 6) is 1.66. The number of methoxy groups -OCH3 is 1. The molecule has 1 aliphatic heterocycles. The monoisotopic (exact) mass is 493 g/mol.